The minimum atomic E-state index is -0.802. The van der Waals surface area contributed by atoms with Crippen molar-refractivity contribution >= 4 is 5.91 Å². The number of carbonyl (C=O) groups is 1. The van der Waals surface area contributed by atoms with E-state index in [2.05, 4.69) is 17.3 Å². The number of likely N-dealkylation sites (tertiary alicyclic amines) is 1. The Labute approximate surface area is 173 Å². The van der Waals surface area contributed by atoms with E-state index < -0.39 is 17.4 Å². The Balaban J connectivity index is 1.37. The van der Waals surface area contributed by atoms with Gasteiger partial charge in [0.2, 0.25) is 0 Å². The average molecular weight is 412 g/mol. The third-order valence-electron chi connectivity index (χ3n) is 5.34. The molecule has 156 valence electrons. The number of hydrogen-bond donors (Lipinski definition) is 0. The zero-order chi connectivity index (χ0) is 20.9. The minimum Gasteiger partial charge on any atom is -0.479 e. The molecule has 0 saturated carbocycles. The van der Waals surface area contributed by atoms with Gasteiger partial charge in [0, 0.05) is 19.2 Å². The lowest BCUT2D eigenvalue weighted by Gasteiger charge is -2.19. The first kappa shape index (κ1) is 20.1. The van der Waals surface area contributed by atoms with Crippen molar-refractivity contribution in [1.29, 1.82) is 0 Å². The summed E-state index contributed by atoms with van der Waals surface area (Å²) in [7, 11) is 0. The number of para-hydroxylation sites is 1. The first-order valence-electron chi connectivity index (χ1n) is 9.98. The molecule has 1 fully saturated rings. The fraction of sp³-hybridized carbons (Fsp3) is 0.304. The van der Waals surface area contributed by atoms with Gasteiger partial charge in [-0.3, -0.25) is 4.79 Å². The lowest BCUT2D eigenvalue weighted by molar-refractivity contribution is 0.0750. The lowest BCUT2D eigenvalue weighted by atomic mass is 9.92. The zero-order valence-electron chi connectivity index (χ0n) is 16.4. The molecule has 0 aliphatic carbocycles. The second-order valence-electron chi connectivity index (χ2n) is 7.35. The van der Waals surface area contributed by atoms with Crippen LogP contribution in [-0.2, 0) is 6.61 Å². The molecular weight excluding hydrogens is 390 g/mol. The number of aromatic nitrogens is 1. The molecule has 1 aliphatic heterocycles. The molecule has 3 aromatic rings. The van der Waals surface area contributed by atoms with Gasteiger partial charge in [-0.1, -0.05) is 41.6 Å². The summed E-state index contributed by atoms with van der Waals surface area (Å²) < 4.78 is 37.6. The molecular formula is C23H22F2N2O3. The van der Waals surface area contributed by atoms with Crippen LogP contribution < -0.4 is 4.74 Å². The monoisotopic (exact) mass is 412 g/mol. The van der Waals surface area contributed by atoms with Crippen molar-refractivity contribution in [2.45, 2.75) is 31.8 Å². The predicted octanol–water partition coefficient (Wildman–Crippen LogP) is 4.94. The van der Waals surface area contributed by atoms with Crippen molar-refractivity contribution in [2.24, 2.45) is 0 Å². The summed E-state index contributed by atoms with van der Waals surface area (Å²) in [5.41, 5.74) is 1.47. The maximum absolute atomic E-state index is 13.7. The number of halogens is 2. The highest BCUT2D eigenvalue weighted by Crippen LogP contribution is 2.28. The molecule has 4 rings (SSSR count). The van der Waals surface area contributed by atoms with E-state index in [4.69, 9.17) is 9.26 Å². The highest BCUT2D eigenvalue weighted by Gasteiger charge is 2.25. The molecule has 7 heteroatoms. The molecule has 0 unspecified atom stereocenters. The van der Waals surface area contributed by atoms with E-state index in [1.807, 2.05) is 18.2 Å². The number of rotatable bonds is 5. The number of amides is 1. The van der Waals surface area contributed by atoms with Crippen LogP contribution in [0, 0.1) is 11.6 Å². The van der Waals surface area contributed by atoms with E-state index in [1.165, 1.54) is 17.7 Å². The fourth-order valence-corrected chi connectivity index (χ4v) is 3.77. The first-order valence-corrected chi connectivity index (χ1v) is 9.98. The SMILES string of the molecule is O=C(c1cc(COc2c(F)cccc2F)on1)N1CCC[C@H](c2ccccc2)CC1. The molecule has 1 aromatic heterocycles. The Hall–Kier alpha value is -3.22. The number of nitrogens with zero attached hydrogens (tertiary/aromatic N) is 2. The normalized spacial score (nSPS) is 16.9. The molecule has 1 atom stereocenters. The first-order chi connectivity index (χ1) is 14.6. The maximum atomic E-state index is 13.7. The number of ether oxygens (including phenoxy) is 1. The summed E-state index contributed by atoms with van der Waals surface area (Å²) in [5, 5.41) is 3.82. The third kappa shape index (κ3) is 4.50. The van der Waals surface area contributed by atoms with Crippen molar-refractivity contribution in [1.82, 2.24) is 10.1 Å². The van der Waals surface area contributed by atoms with Gasteiger partial charge in [-0.25, -0.2) is 8.78 Å². The van der Waals surface area contributed by atoms with Gasteiger partial charge in [0.05, 0.1) is 0 Å². The molecule has 1 aliphatic rings. The zero-order valence-corrected chi connectivity index (χ0v) is 16.4. The summed E-state index contributed by atoms with van der Waals surface area (Å²) in [5.74, 6) is -1.65. The highest BCUT2D eigenvalue weighted by atomic mass is 19.1. The van der Waals surface area contributed by atoms with Gasteiger partial charge in [0.1, 0.15) is 6.61 Å². The smallest absolute Gasteiger partial charge is 0.276 e. The van der Waals surface area contributed by atoms with Gasteiger partial charge < -0.3 is 14.2 Å². The van der Waals surface area contributed by atoms with E-state index in [1.54, 1.807) is 4.90 Å². The Kier molecular flexibility index (Phi) is 6.07. The van der Waals surface area contributed by atoms with E-state index in [0.29, 0.717) is 19.0 Å². The van der Waals surface area contributed by atoms with Crippen LogP contribution in [0.15, 0.2) is 59.1 Å². The second kappa shape index (κ2) is 9.07. The summed E-state index contributed by atoms with van der Waals surface area (Å²) in [6.45, 7) is 1.06. The van der Waals surface area contributed by atoms with Gasteiger partial charge in [0.25, 0.3) is 5.91 Å². The Morgan fingerprint density at radius 3 is 2.60 bits per heavy atom. The van der Waals surface area contributed by atoms with Crippen LogP contribution in [0.4, 0.5) is 8.78 Å². The predicted molar refractivity (Wildman–Crippen MR) is 106 cm³/mol. The molecule has 0 radical (unpaired) electrons. The van der Waals surface area contributed by atoms with Gasteiger partial charge in [-0.2, -0.15) is 0 Å². The van der Waals surface area contributed by atoms with Crippen LogP contribution in [0.25, 0.3) is 0 Å². The fourth-order valence-electron chi connectivity index (χ4n) is 3.77. The molecule has 2 heterocycles. The van der Waals surface area contributed by atoms with Crippen LogP contribution in [-0.4, -0.2) is 29.1 Å². The van der Waals surface area contributed by atoms with Crippen molar-refractivity contribution in [3.05, 3.63) is 83.2 Å². The van der Waals surface area contributed by atoms with Gasteiger partial charge in [-0.05, 0) is 42.9 Å². The minimum absolute atomic E-state index is 0.167. The third-order valence-corrected chi connectivity index (χ3v) is 5.34. The van der Waals surface area contributed by atoms with Crippen LogP contribution >= 0.6 is 0 Å². The van der Waals surface area contributed by atoms with Crippen LogP contribution in [0.3, 0.4) is 0 Å². The molecule has 1 amide bonds. The van der Waals surface area contributed by atoms with Crippen LogP contribution in [0.2, 0.25) is 0 Å². The quantitative estimate of drug-likeness (QED) is 0.596. The summed E-state index contributed by atoms with van der Waals surface area (Å²) in [6.07, 6.45) is 2.82. The van der Waals surface area contributed by atoms with E-state index in [9.17, 15) is 13.6 Å². The van der Waals surface area contributed by atoms with Crippen molar-refractivity contribution in [3.63, 3.8) is 0 Å². The largest absolute Gasteiger partial charge is 0.479 e. The summed E-state index contributed by atoms with van der Waals surface area (Å²) >= 11 is 0. The average Bonchev–Trinajstić information content (AvgIpc) is 3.09. The van der Waals surface area contributed by atoms with E-state index in [-0.39, 0.29) is 24.0 Å². The van der Waals surface area contributed by atoms with Gasteiger partial charge in [0.15, 0.2) is 28.8 Å². The second-order valence-corrected chi connectivity index (χ2v) is 7.35. The van der Waals surface area contributed by atoms with Crippen molar-refractivity contribution < 1.29 is 22.8 Å². The van der Waals surface area contributed by atoms with Crippen molar-refractivity contribution in [2.75, 3.05) is 13.1 Å². The molecule has 0 N–H and O–H groups in total. The van der Waals surface area contributed by atoms with Crippen LogP contribution in [0.5, 0.6) is 5.75 Å². The topological polar surface area (TPSA) is 55.6 Å². The molecule has 2 aromatic carbocycles. The standard InChI is InChI=1S/C23H22F2N2O3/c24-19-9-4-10-20(25)22(19)29-15-18-14-21(26-30-18)23(28)27-12-5-8-17(11-13-27)16-6-2-1-3-7-16/h1-4,6-7,9-10,14,17H,5,8,11-13,15H2/t17-/m0/s1. The number of benzene rings is 2. The lowest BCUT2D eigenvalue weighted by Crippen LogP contribution is -2.32. The Morgan fingerprint density at radius 1 is 1.07 bits per heavy atom. The summed E-state index contributed by atoms with van der Waals surface area (Å²) in [6, 6.07) is 15.3. The summed E-state index contributed by atoms with van der Waals surface area (Å²) in [4.78, 5) is 14.6. The van der Waals surface area contributed by atoms with Crippen LogP contribution in [0.1, 0.15) is 47.0 Å². The number of hydrogen-bond acceptors (Lipinski definition) is 4. The highest BCUT2D eigenvalue weighted by molar-refractivity contribution is 5.92. The van der Waals surface area contributed by atoms with Gasteiger partial charge in [-0.15, -0.1) is 0 Å². The maximum Gasteiger partial charge on any atom is 0.276 e. The van der Waals surface area contributed by atoms with Crippen molar-refractivity contribution in [3.8, 4) is 5.75 Å². The van der Waals surface area contributed by atoms with E-state index >= 15 is 0 Å². The molecule has 1 saturated heterocycles. The molecule has 30 heavy (non-hydrogen) atoms. The number of carbonyl (C=O) groups excluding carboxylic acids is 1. The van der Waals surface area contributed by atoms with E-state index in [0.717, 1.165) is 31.4 Å². The van der Waals surface area contributed by atoms with Gasteiger partial charge >= 0.3 is 0 Å². The Morgan fingerprint density at radius 2 is 1.83 bits per heavy atom. The molecule has 5 nitrogen and oxygen atoms in total. The molecule has 0 bridgehead atoms. The Bertz CT molecular complexity index is 986. The molecule has 0 spiro atoms.